The van der Waals surface area contributed by atoms with Gasteiger partial charge in [0.25, 0.3) is 0 Å². The van der Waals surface area contributed by atoms with E-state index in [1.165, 1.54) is 32.1 Å². The SMILES string of the molecule is CC(C)CC1(CNC2(CC(=O)O)CNC2)CCCC1. The summed E-state index contributed by atoms with van der Waals surface area (Å²) in [5, 5.41) is 15.9. The third-order valence-corrected chi connectivity index (χ3v) is 4.76. The molecule has 4 nitrogen and oxygen atoms in total. The molecule has 4 heteroatoms. The van der Waals surface area contributed by atoms with E-state index in [4.69, 9.17) is 5.11 Å². The van der Waals surface area contributed by atoms with Crippen molar-refractivity contribution in [2.75, 3.05) is 19.6 Å². The number of carbonyl (C=O) groups is 1. The van der Waals surface area contributed by atoms with Crippen molar-refractivity contribution in [1.29, 1.82) is 0 Å². The maximum Gasteiger partial charge on any atom is 0.305 e. The molecule has 2 fully saturated rings. The van der Waals surface area contributed by atoms with Crippen molar-refractivity contribution in [1.82, 2.24) is 10.6 Å². The van der Waals surface area contributed by atoms with Crippen LogP contribution in [0.4, 0.5) is 0 Å². The molecule has 2 aliphatic rings. The largest absolute Gasteiger partial charge is 0.481 e. The first-order valence-electron chi connectivity index (χ1n) is 7.63. The Morgan fingerprint density at radius 3 is 2.37 bits per heavy atom. The molecule has 1 heterocycles. The number of nitrogens with one attached hydrogen (secondary N) is 2. The fourth-order valence-electron chi connectivity index (χ4n) is 3.85. The minimum absolute atomic E-state index is 0.196. The van der Waals surface area contributed by atoms with Gasteiger partial charge in [0.2, 0.25) is 0 Å². The topological polar surface area (TPSA) is 61.4 Å². The Kier molecular flexibility index (Phi) is 4.51. The van der Waals surface area contributed by atoms with Gasteiger partial charge < -0.3 is 15.7 Å². The van der Waals surface area contributed by atoms with E-state index in [9.17, 15) is 4.79 Å². The van der Waals surface area contributed by atoms with Crippen molar-refractivity contribution in [2.45, 2.75) is 57.9 Å². The minimum atomic E-state index is -0.696. The molecule has 19 heavy (non-hydrogen) atoms. The molecule has 0 aromatic heterocycles. The average molecular weight is 268 g/mol. The quantitative estimate of drug-likeness (QED) is 0.661. The Bertz CT molecular complexity index is 318. The molecular weight excluding hydrogens is 240 g/mol. The molecule has 110 valence electrons. The van der Waals surface area contributed by atoms with Crippen LogP contribution < -0.4 is 10.6 Å². The number of hydrogen-bond donors (Lipinski definition) is 3. The number of carboxylic acids is 1. The lowest BCUT2D eigenvalue weighted by Crippen LogP contribution is -2.69. The van der Waals surface area contributed by atoms with Gasteiger partial charge in [0, 0.05) is 19.6 Å². The third-order valence-electron chi connectivity index (χ3n) is 4.76. The van der Waals surface area contributed by atoms with Crippen LogP contribution in [-0.2, 0) is 4.79 Å². The summed E-state index contributed by atoms with van der Waals surface area (Å²) >= 11 is 0. The summed E-state index contributed by atoms with van der Waals surface area (Å²) in [6.45, 7) is 7.14. The zero-order valence-electron chi connectivity index (χ0n) is 12.3. The van der Waals surface area contributed by atoms with Crippen LogP contribution in [0.5, 0.6) is 0 Å². The lowest BCUT2D eigenvalue weighted by atomic mass is 9.77. The second-order valence-corrected chi connectivity index (χ2v) is 7.11. The van der Waals surface area contributed by atoms with E-state index >= 15 is 0 Å². The van der Waals surface area contributed by atoms with Crippen molar-refractivity contribution >= 4 is 5.97 Å². The molecule has 0 atom stereocenters. The lowest BCUT2D eigenvalue weighted by Gasteiger charge is -2.45. The molecule has 1 aliphatic heterocycles. The number of aliphatic carboxylic acids is 1. The van der Waals surface area contributed by atoms with Crippen molar-refractivity contribution in [2.24, 2.45) is 11.3 Å². The van der Waals surface area contributed by atoms with Gasteiger partial charge in [-0.15, -0.1) is 0 Å². The van der Waals surface area contributed by atoms with Gasteiger partial charge in [0.05, 0.1) is 12.0 Å². The highest BCUT2D eigenvalue weighted by Crippen LogP contribution is 2.43. The molecule has 2 rings (SSSR count). The first kappa shape index (κ1) is 14.8. The van der Waals surface area contributed by atoms with Crippen LogP contribution in [0.25, 0.3) is 0 Å². The van der Waals surface area contributed by atoms with Crippen molar-refractivity contribution < 1.29 is 9.90 Å². The second-order valence-electron chi connectivity index (χ2n) is 7.11. The number of hydrogen-bond acceptors (Lipinski definition) is 3. The fourth-order valence-corrected chi connectivity index (χ4v) is 3.85. The highest BCUT2D eigenvalue weighted by atomic mass is 16.4. The van der Waals surface area contributed by atoms with Gasteiger partial charge in [0.1, 0.15) is 0 Å². The van der Waals surface area contributed by atoms with E-state index < -0.39 is 5.97 Å². The van der Waals surface area contributed by atoms with Crippen LogP contribution in [-0.4, -0.2) is 36.2 Å². The van der Waals surface area contributed by atoms with Gasteiger partial charge in [-0.05, 0) is 30.6 Å². The first-order chi connectivity index (χ1) is 8.95. The predicted octanol–water partition coefficient (Wildman–Crippen LogP) is 2.00. The number of carboxylic acid groups (broad SMARTS) is 1. The zero-order valence-corrected chi connectivity index (χ0v) is 12.3. The zero-order chi connectivity index (χ0) is 13.9. The predicted molar refractivity (Wildman–Crippen MR) is 76.2 cm³/mol. The van der Waals surface area contributed by atoms with Gasteiger partial charge in [-0.2, -0.15) is 0 Å². The van der Waals surface area contributed by atoms with E-state index in [0.717, 1.165) is 25.6 Å². The summed E-state index contributed by atoms with van der Waals surface area (Å²) in [5.41, 5.74) is 0.216. The molecule has 0 unspecified atom stereocenters. The van der Waals surface area contributed by atoms with Crippen molar-refractivity contribution in [3.8, 4) is 0 Å². The molecule has 0 radical (unpaired) electrons. The number of rotatable bonds is 7. The normalized spacial score (nSPS) is 24.4. The fraction of sp³-hybridized carbons (Fsp3) is 0.933. The van der Waals surface area contributed by atoms with Crippen LogP contribution in [0.2, 0.25) is 0 Å². The second kappa shape index (κ2) is 5.80. The Morgan fingerprint density at radius 1 is 1.32 bits per heavy atom. The Hall–Kier alpha value is -0.610. The molecular formula is C15H28N2O2. The van der Waals surface area contributed by atoms with E-state index in [0.29, 0.717) is 5.41 Å². The van der Waals surface area contributed by atoms with Crippen LogP contribution in [0.3, 0.4) is 0 Å². The summed E-state index contributed by atoms with van der Waals surface area (Å²) in [5.74, 6) is 0.0215. The molecule has 1 saturated heterocycles. The van der Waals surface area contributed by atoms with Crippen LogP contribution in [0, 0.1) is 11.3 Å². The Morgan fingerprint density at radius 2 is 1.95 bits per heavy atom. The van der Waals surface area contributed by atoms with Gasteiger partial charge in [0.15, 0.2) is 0 Å². The third kappa shape index (κ3) is 3.69. The Balaban J connectivity index is 1.92. The molecule has 1 aliphatic carbocycles. The highest BCUT2D eigenvalue weighted by Gasteiger charge is 2.42. The maximum atomic E-state index is 11.0. The van der Waals surface area contributed by atoms with Crippen LogP contribution in [0.1, 0.15) is 52.4 Å². The first-order valence-corrected chi connectivity index (χ1v) is 7.63. The van der Waals surface area contributed by atoms with E-state index in [1.807, 2.05) is 0 Å². The summed E-state index contributed by atoms with van der Waals surface area (Å²) in [6, 6.07) is 0. The summed E-state index contributed by atoms with van der Waals surface area (Å²) in [6.07, 6.45) is 6.76. The monoisotopic (exact) mass is 268 g/mol. The summed E-state index contributed by atoms with van der Waals surface area (Å²) in [7, 11) is 0. The molecule has 0 spiro atoms. The molecule has 0 amide bonds. The highest BCUT2D eigenvalue weighted by molar-refractivity contribution is 5.68. The van der Waals surface area contributed by atoms with E-state index in [1.54, 1.807) is 0 Å². The van der Waals surface area contributed by atoms with E-state index in [-0.39, 0.29) is 12.0 Å². The van der Waals surface area contributed by atoms with Crippen LogP contribution >= 0.6 is 0 Å². The van der Waals surface area contributed by atoms with Gasteiger partial charge >= 0.3 is 5.97 Å². The maximum absolute atomic E-state index is 11.0. The van der Waals surface area contributed by atoms with Gasteiger partial charge in [-0.1, -0.05) is 26.7 Å². The molecule has 0 aromatic carbocycles. The smallest absolute Gasteiger partial charge is 0.305 e. The van der Waals surface area contributed by atoms with Gasteiger partial charge in [-0.3, -0.25) is 4.79 Å². The molecule has 0 aromatic rings. The van der Waals surface area contributed by atoms with Gasteiger partial charge in [-0.25, -0.2) is 0 Å². The molecule has 3 N–H and O–H groups in total. The lowest BCUT2D eigenvalue weighted by molar-refractivity contribution is -0.139. The summed E-state index contributed by atoms with van der Waals surface area (Å²) in [4.78, 5) is 11.0. The summed E-state index contributed by atoms with van der Waals surface area (Å²) < 4.78 is 0. The van der Waals surface area contributed by atoms with Crippen LogP contribution in [0.15, 0.2) is 0 Å². The van der Waals surface area contributed by atoms with Crippen molar-refractivity contribution in [3.63, 3.8) is 0 Å². The van der Waals surface area contributed by atoms with Crippen molar-refractivity contribution in [3.05, 3.63) is 0 Å². The molecule has 1 saturated carbocycles. The standard InChI is InChI=1S/C15H28N2O2/c1-12(2)7-14(5-3-4-6-14)9-17-15(8-13(18)19)10-16-11-15/h12,16-17H,3-11H2,1-2H3,(H,18,19). The van der Waals surface area contributed by atoms with E-state index in [2.05, 4.69) is 24.5 Å². The Labute approximate surface area is 116 Å². The molecule has 0 bridgehead atoms. The average Bonchev–Trinajstić information content (AvgIpc) is 2.69. The minimum Gasteiger partial charge on any atom is -0.481 e.